The molecule has 1 amide bonds. The summed E-state index contributed by atoms with van der Waals surface area (Å²) in [6, 6.07) is 7.26. The Morgan fingerprint density at radius 2 is 2.16 bits per heavy atom. The number of rotatable bonds is 3. The van der Waals surface area contributed by atoms with E-state index in [-0.39, 0.29) is 6.61 Å². The summed E-state index contributed by atoms with van der Waals surface area (Å²) in [6.07, 6.45) is 1.04. The van der Waals surface area contributed by atoms with E-state index in [1.165, 1.54) is 7.11 Å². The number of nitrogens with one attached hydrogen (secondary N) is 1. The summed E-state index contributed by atoms with van der Waals surface area (Å²) >= 11 is 0. The van der Waals surface area contributed by atoms with Crippen molar-refractivity contribution in [1.29, 1.82) is 0 Å². The van der Waals surface area contributed by atoms with Crippen molar-refractivity contribution >= 4 is 22.4 Å². The van der Waals surface area contributed by atoms with E-state index in [2.05, 4.69) is 9.71 Å². The van der Waals surface area contributed by atoms with Crippen LogP contribution in [0.5, 0.6) is 0 Å². The number of amidine groups is 1. The van der Waals surface area contributed by atoms with E-state index >= 15 is 0 Å². The molecule has 0 aromatic heterocycles. The van der Waals surface area contributed by atoms with Gasteiger partial charge in [-0.25, -0.2) is 4.79 Å². The maximum Gasteiger partial charge on any atom is 0.412 e. The molecule has 1 aromatic rings. The maximum absolute atomic E-state index is 11.6. The first kappa shape index (κ1) is 13.9. The van der Waals surface area contributed by atoms with Gasteiger partial charge in [-0.1, -0.05) is 18.2 Å². The van der Waals surface area contributed by atoms with Crippen LogP contribution in [0, 0.1) is 0 Å². The fraction of sp³-hybridized carbons (Fsp3) is 0.333. The molecule has 1 heterocycles. The van der Waals surface area contributed by atoms with E-state index in [9.17, 15) is 9.35 Å². The highest BCUT2D eigenvalue weighted by Gasteiger charge is 2.30. The number of amides is 1. The van der Waals surface area contributed by atoms with Crippen molar-refractivity contribution in [3.05, 3.63) is 29.8 Å². The molecule has 1 aliphatic rings. The van der Waals surface area contributed by atoms with Crippen molar-refractivity contribution in [1.82, 2.24) is 5.32 Å². The zero-order chi connectivity index (χ0) is 13.9. The molecule has 2 rings (SSSR count). The quantitative estimate of drug-likeness (QED) is 0.832. The van der Waals surface area contributed by atoms with Gasteiger partial charge in [0.25, 0.3) is 0 Å². The van der Waals surface area contributed by atoms with Gasteiger partial charge in [0.1, 0.15) is 6.61 Å². The van der Waals surface area contributed by atoms with Crippen LogP contribution < -0.4 is 5.32 Å². The van der Waals surface area contributed by atoms with Crippen LogP contribution in [0.4, 0.5) is 4.79 Å². The zero-order valence-corrected chi connectivity index (χ0v) is 11.6. The van der Waals surface area contributed by atoms with Gasteiger partial charge >= 0.3 is 6.09 Å². The Balaban J connectivity index is 2.08. The lowest BCUT2D eigenvalue weighted by Gasteiger charge is -2.19. The van der Waals surface area contributed by atoms with Crippen molar-refractivity contribution < 1.29 is 18.8 Å². The fourth-order valence-corrected chi connectivity index (χ4v) is 3.23. The fourth-order valence-electron chi connectivity index (χ4n) is 1.72. The second kappa shape index (κ2) is 5.60. The number of hydrogen-bond donors (Lipinski definition) is 2. The van der Waals surface area contributed by atoms with Crippen molar-refractivity contribution in [2.45, 2.75) is 4.90 Å². The van der Waals surface area contributed by atoms with E-state index < -0.39 is 16.6 Å². The zero-order valence-electron chi connectivity index (χ0n) is 10.8. The van der Waals surface area contributed by atoms with Crippen LogP contribution in [-0.2, 0) is 9.47 Å². The van der Waals surface area contributed by atoms with Crippen LogP contribution in [0.1, 0.15) is 5.56 Å². The number of hydrogen-bond acceptors (Lipinski definition) is 5. The number of benzene rings is 1. The number of alkyl carbamates (subject to hydrolysis) is 1. The monoisotopic (exact) mass is 284 g/mol. The highest BCUT2D eigenvalue weighted by Crippen LogP contribution is 2.55. The molecule has 0 aliphatic carbocycles. The van der Waals surface area contributed by atoms with E-state index in [4.69, 9.17) is 9.47 Å². The van der Waals surface area contributed by atoms with Gasteiger partial charge in [0.2, 0.25) is 0 Å². The molecular formula is C12H16N2O4S. The molecular weight excluding hydrogens is 268 g/mol. The van der Waals surface area contributed by atoms with Crippen LogP contribution in [0.2, 0.25) is 0 Å². The lowest BCUT2D eigenvalue weighted by molar-refractivity contribution is 0.102. The average molecular weight is 284 g/mol. The Morgan fingerprint density at radius 3 is 2.89 bits per heavy atom. The molecule has 1 unspecified atom stereocenters. The minimum Gasteiger partial charge on any atom is -0.447 e. The lowest BCUT2D eigenvalue weighted by Crippen LogP contribution is -2.31. The summed E-state index contributed by atoms with van der Waals surface area (Å²) < 4.78 is 24.1. The van der Waals surface area contributed by atoms with Gasteiger partial charge in [-0.3, -0.25) is 5.32 Å². The van der Waals surface area contributed by atoms with Crippen molar-refractivity contribution in [2.75, 3.05) is 26.6 Å². The Morgan fingerprint density at radius 1 is 1.42 bits per heavy atom. The molecule has 1 aliphatic heterocycles. The van der Waals surface area contributed by atoms with Crippen molar-refractivity contribution in [2.24, 2.45) is 4.40 Å². The van der Waals surface area contributed by atoms with Crippen LogP contribution in [-0.4, -0.2) is 43.1 Å². The van der Waals surface area contributed by atoms with Gasteiger partial charge in [0.05, 0.1) is 6.61 Å². The average Bonchev–Trinajstić information content (AvgIpc) is 2.62. The molecule has 0 saturated heterocycles. The highest BCUT2D eigenvalue weighted by atomic mass is 32.3. The minimum absolute atomic E-state index is 0.167. The topological polar surface area (TPSA) is 80.2 Å². The molecule has 6 nitrogen and oxygen atoms in total. The number of methoxy groups -OCH3 is 1. The number of nitrogens with zero attached hydrogens (tertiary/aromatic N) is 1. The Kier molecular flexibility index (Phi) is 4.08. The first-order chi connectivity index (χ1) is 9.04. The third-order valence-corrected chi connectivity index (χ3v) is 4.30. The van der Waals surface area contributed by atoms with Crippen molar-refractivity contribution in [3.63, 3.8) is 0 Å². The van der Waals surface area contributed by atoms with Crippen LogP contribution in [0.15, 0.2) is 33.6 Å². The summed E-state index contributed by atoms with van der Waals surface area (Å²) in [5.74, 6) is 0.345. The largest absolute Gasteiger partial charge is 0.447 e. The van der Waals surface area contributed by atoms with E-state index in [1.54, 1.807) is 18.4 Å². The number of carbonyl (C=O) groups excluding carboxylic acids is 1. The van der Waals surface area contributed by atoms with Crippen LogP contribution >= 0.6 is 10.5 Å². The van der Waals surface area contributed by atoms with Crippen molar-refractivity contribution in [3.8, 4) is 0 Å². The first-order valence-electron chi connectivity index (χ1n) is 5.67. The summed E-state index contributed by atoms with van der Waals surface area (Å²) in [4.78, 5) is 12.3. The van der Waals surface area contributed by atoms with Gasteiger partial charge < -0.3 is 14.0 Å². The van der Waals surface area contributed by atoms with Gasteiger partial charge in [0.15, 0.2) is 5.84 Å². The molecule has 2 N–H and O–H groups in total. The lowest BCUT2D eigenvalue weighted by atomic mass is 10.2. The molecule has 1 atom stereocenters. The maximum atomic E-state index is 11.6. The molecule has 0 fully saturated rings. The molecule has 1 aromatic carbocycles. The summed E-state index contributed by atoms with van der Waals surface area (Å²) in [6.45, 7) is 0.500. The van der Waals surface area contributed by atoms with Crippen LogP contribution in [0.25, 0.3) is 0 Å². The molecule has 0 bridgehead atoms. The number of ether oxygens (including phenoxy) is 2. The van der Waals surface area contributed by atoms with Gasteiger partial charge in [0, 0.05) is 23.8 Å². The Labute approximate surface area is 113 Å². The van der Waals surface area contributed by atoms with E-state index in [1.807, 2.05) is 12.1 Å². The number of carbonyl (C=O) groups is 1. The third-order valence-electron chi connectivity index (χ3n) is 2.57. The van der Waals surface area contributed by atoms with E-state index in [0.29, 0.717) is 12.4 Å². The summed E-state index contributed by atoms with van der Waals surface area (Å²) in [7, 11) is -0.706. The SMILES string of the molecule is COCCOC(=O)NC1=NS(C)(O)c2ccccc21. The first-order valence-corrected chi connectivity index (χ1v) is 7.63. The Hall–Kier alpha value is -1.57. The highest BCUT2D eigenvalue weighted by molar-refractivity contribution is 8.27. The standard InChI is InChI=1S/C12H16N2O4S/c1-17-7-8-18-12(15)13-11-9-5-3-4-6-10(9)19(2,16)14-11/h3-6,16H,7-8H2,1-2H3,(H,13,14,15). The molecule has 0 saturated carbocycles. The summed E-state index contributed by atoms with van der Waals surface area (Å²) in [5, 5.41) is 2.54. The molecule has 0 radical (unpaired) electrons. The summed E-state index contributed by atoms with van der Waals surface area (Å²) in [5.41, 5.74) is 0.728. The minimum atomic E-state index is -2.23. The second-order valence-electron chi connectivity index (χ2n) is 4.02. The predicted molar refractivity (Wildman–Crippen MR) is 73.7 cm³/mol. The molecule has 19 heavy (non-hydrogen) atoms. The third kappa shape index (κ3) is 3.06. The van der Waals surface area contributed by atoms with Gasteiger partial charge in [-0.05, 0) is 16.6 Å². The number of fused-ring (bicyclic) bond motifs is 1. The predicted octanol–water partition coefficient (Wildman–Crippen LogP) is 2.00. The molecule has 7 heteroatoms. The van der Waals surface area contributed by atoms with Crippen LogP contribution in [0.3, 0.4) is 0 Å². The normalized spacial score (nSPS) is 24.1. The van der Waals surface area contributed by atoms with Gasteiger partial charge in [-0.15, -0.1) is 0 Å². The Bertz CT molecular complexity index is 516. The van der Waals surface area contributed by atoms with E-state index in [0.717, 1.165) is 10.5 Å². The molecule has 104 valence electrons. The smallest absolute Gasteiger partial charge is 0.412 e. The van der Waals surface area contributed by atoms with Gasteiger partial charge in [-0.2, -0.15) is 4.40 Å². The second-order valence-corrected chi connectivity index (χ2v) is 6.31. The molecule has 0 spiro atoms.